The number of ether oxygens (including phenoxy) is 2. The number of esters is 1. The maximum absolute atomic E-state index is 12.4. The normalized spacial score (nSPS) is 14.8. The first-order valence-corrected chi connectivity index (χ1v) is 12.4. The second kappa shape index (κ2) is 9.76. The molecule has 1 amide bonds. The summed E-state index contributed by atoms with van der Waals surface area (Å²) in [4.78, 5) is 31.3. The molecule has 1 aliphatic rings. The van der Waals surface area contributed by atoms with Gasteiger partial charge in [0.1, 0.15) is 17.6 Å². The van der Waals surface area contributed by atoms with Crippen molar-refractivity contribution in [3.63, 3.8) is 0 Å². The van der Waals surface area contributed by atoms with Crippen molar-refractivity contribution in [1.82, 2.24) is 24.4 Å². The summed E-state index contributed by atoms with van der Waals surface area (Å²) in [5.41, 5.74) is 9.79. The highest BCUT2D eigenvalue weighted by atomic mass is 32.1. The number of benzene rings is 1. The first-order chi connectivity index (χ1) is 18.0. The van der Waals surface area contributed by atoms with Gasteiger partial charge in [0.05, 0.1) is 11.8 Å². The second-order valence-corrected chi connectivity index (χ2v) is 9.93. The smallest absolute Gasteiger partial charge is 0.491 e. The van der Waals surface area contributed by atoms with Gasteiger partial charge in [0.25, 0.3) is 0 Å². The van der Waals surface area contributed by atoms with Crippen molar-refractivity contribution in [1.29, 1.82) is 0 Å². The average molecular weight is 549 g/mol. The summed E-state index contributed by atoms with van der Waals surface area (Å²) in [6, 6.07) is 6.13. The van der Waals surface area contributed by atoms with Crippen LogP contribution < -0.4 is 10.5 Å². The van der Waals surface area contributed by atoms with Gasteiger partial charge in [-0.05, 0) is 35.6 Å². The Morgan fingerprint density at radius 1 is 1.16 bits per heavy atom. The number of hydrogen-bond donors (Lipinski definition) is 1. The maximum Gasteiger partial charge on any atom is 0.491 e. The number of carbonyl (C=O) groups excluding carboxylic acids is 2. The van der Waals surface area contributed by atoms with Crippen LogP contribution in [0.2, 0.25) is 0 Å². The van der Waals surface area contributed by atoms with Gasteiger partial charge in [-0.1, -0.05) is 6.07 Å². The molecule has 200 valence electrons. The number of thiophene rings is 1. The fourth-order valence-electron chi connectivity index (χ4n) is 4.55. The maximum atomic E-state index is 12.4. The Hall–Kier alpha value is -3.91. The molecule has 0 aliphatic carbocycles. The van der Waals surface area contributed by atoms with E-state index >= 15 is 0 Å². The van der Waals surface area contributed by atoms with E-state index in [4.69, 9.17) is 10.5 Å². The molecule has 2 N–H and O–H groups in total. The number of nitrogens with zero attached hydrogens (tertiary/aromatic N) is 5. The Kier molecular flexibility index (Phi) is 6.61. The molecule has 1 aliphatic heterocycles. The molecular weight excluding hydrogens is 525 g/mol. The van der Waals surface area contributed by atoms with Gasteiger partial charge >= 0.3 is 18.2 Å². The third-order valence-electron chi connectivity index (χ3n) is 6.31. The predicted molar refractivity (Wildman–Crippen MR) is 134 cm³/mol. The third kappa shape index (κ3) is 4.84. The van der Waals surface area contributed by atoms with Crippen LogP contribution in [0.3, 0.4) is 0 Å². The van der Waals surface area contributed by atoms with E-state index in [0.717, 1.165) is 42.3 Å². The molecular formula is C24H23F3N6O4S. The molecule has 0 radical (unpaired) electrons. The van der Waals surface area contributed by atoms with Crippen LogP contribution in [0.5, 0.6) is 5.75 Å². The van der Waals surface area contributed by atoms with Gasteiger partial charge in [0, 0.05) is 49.4 Å². The quantitative estimate of drug-likeness (QED) is 0.302. The Balaban J connectivity index is 1.41. The number of piperazine rings is 1. The third-order valence-corrected chi connectivity index (χ3v) is 7.49. The van der Waals surface area contributed by atoms with Gasteiger partial charge in [0.15, 0.2) is 5.82 Å². The largest absolute Gasteiger partial charge is 0.495 e. The summed E-state index contributed by atoms with van der Waals surface area (Å²) < 4.78 is 49.5. The minimum atomic E-state index is -5.23. The number of alkyl halides is 3. The van der Waals surface area contributed by atoms with Gasteiger partial charge < -0.3 is 20.1 Å². The van der Waals surface area contributed by atoms with Crippen LogP contribution in [0.1, 0.15) is 11.1 Å². The highest BCUT2D eigenvalue weighted by Gasteiger charge is 2.43. The van der Waals surface area contributed by atoms with Crippen molar-refractivity contribution in [2.45, 2.75) is 19.6 Å². The van der Waals surface area contributed by atoms with Crippen LogP contribution in [0.4, 0.5) is 23.8 Å². The van der Waals surface area contributed by atoms with Crippen LogP contribution >= 0.6 is 11.3 Å². The minimum absolute atomic E-state index is 0.105. The van der Waals surface area contributed by atoms with E-state index in [0.29, 0.717) is 31.0 Å². The predicted octanol–water partition coefficient (Wildman–Crippen LogP) is 3.85. The second-order valence-electron chi connectivity index (χ2n) is 8.88. The molecule has 14 heteroatoms. The van der Waals surface area contributed by atoms with Gasteiger partial charge in [0.2, 0.25) is 0 Å². The lowest BCUT2D eigenvalue weighted by atomic mass is 10.1. The summed E-state index contributed by atoms with van der Waals surface area (Å²) in [7, 11) is 1.63. The number of anilines is 1. The molecule has 4 aromatic rings. The van der Waals surface area contributed by atoms with Crippen molar-refractivity contribution in [3.8, 4) is 16.2 Å². The van der Waals surface area contributed by atoms with Crippen LogP contribution in [0, 0.1) is 6.92 Å². The van der Waals surface area contributed by atoms with Crippen molar-refractivity contribution in [2.75, 3.05) is 39.0 Å². The summed E-state index contributed by atoms with van der Waals surface area (Å²) >= 11 is 1.57. The van der Waals surface area contributed by atoms with Crippen molar-refractivity contribution >= 4 is 44.8 Å². The lowest BCUT2D eigenvalue weighted by molar-refractivity contribution is -0.193. The molecule has 0 unspecified atom stereocenters. The van der Waals surface area contributed by atoms with Crippen LogP contribution in [-0.4, -0.2) is 75.9 Å². The van der Waals surface area contributed by atoms with Gasteiger partial charge in [-0.2, -0.15) is 18.3 Å². The minimum Gasteiger partial charge on any atom is -0.495 e. The molecule has 38 heavy (non-hydrogen) atoms. The Labute approximate surface area is 218 Å². The number of fused-ring (bicyclic) bond motifs is 2. The molecule has 5 rings (SSSR count). The summed E-state index contributed by atoms with van der Waals surface area (Å²) in [5, 5.41) is 5.35. The summed E-state index contributed by atoms with van der Waals surface area (Å²) in [6.07, 6.45) is -3.29. The van der Waals surface area contributed by atoms with Gasteiger partial charge in [-0.15, -0.1) is 11.3 Å². The fourth-order valence-corrected chi connectivity index (χ4v) is 5.76. The van der Waals surface area contributed by atoms with Crippen LogP contribution in [0.25, 0.3) is 26.0 Å². The number of aryl methyl sites for hydroxylation is 1. The summed E-state index contributed by atoms with van der Waals surface area (Å²) in [5.74, 6) is -1.43. The molecule has 1 fully saturated rings. The SMILES string of the molecule is COc1cc(C)cc2cc(-c3c(CN4CCN(C(=O)OC(=O)C(F)(F)F)CC4)cn4ncnc(N)c34)sc12. The zero-order valence-electron chi connectivity index (χ0n) is 20.4. The Bertz CT molecular complexity index is 1540. The van der Waals surface area contributed by atoms with Crippen LogP contribution in [0.15, 0.2) is 30.7 Å². The topological polar surface area (TPSA) is 115 Å². The first kappa shape index (κ1) is 25.7. The van der Waals surface area contributed by atoms with E-state index in [1.165, 1.54) is 6.33 Å². The number of hydrogen-bond acceptors (Lipinski definition) is 9. The van der Waals surface area contributed by atoms with Gasteiger partial charge in [-0.25, -0.2) is 19.1 Å². The highest BCUT2D eigenvalue weighted by molar-refractivity contribution is 7.22. The number of halogens is 3. The number of nitrogen functional groups attached to an aromatic ring is 1. The monoisotopic (exact) mass is 548 g/mol. The standard InChI is InChI=1S/C24H23F3N6O4S/c1-13-7-14-9-17(38-20(14)16(8-13)36-2)18-15(11-33-19(18)21(28)29-12-30-33)10-31-3-5-32(6-4-31)23(35)37-22(34)24(25,26)27/h7-9,11-12H,3-6,10H2,1-2H3,(H2,28,29,30). The zero-order chi connectivity index (χ0) is 27.2. The molecule has 10 nitrogen and oxygen atoms in total. The summed E-state index contributed by atoms with van der Waals surface area (Å²) in [6.45, 7) is 3.40. The number of rotatable bonds is 4. The molecule has 4 heterocycles. The molecule has 1 aromatic carbocycles. The van der Waals surface area contributed by atoms with Crippen molar-refractivity contribution in [3.05, 3.63) is 41.9 Å². The molecule has 3 aromatic heterocycles. The molecule has 0 bridgehead atoms. The van der Waals surface area contributed by atoms with Crippen LogP contribution in [-0.2, 0) is 16.1 Å². The number of aromatic nitrogens is 3. The van der Waals surface area contributed by atoms with E-state index < -0.39 is 18.2 Å². The van der Waals surface area contributed by atoms with E-state index in [1.807, 2.05) is 19.2 Å². The van der Waals surface area contributed by atoms with Crippen molar-refractivity contribution < 1.29 is 32.2 Å². The van der Waals surface area contributed by atoms with E-state index in [9.17, 15) is 22.8 Å². The molecule has 0 atom stereocenters. The lowest BCUT2D eigenvalue weighted by Gasteiger charge is -2.33. The average Bonchev–Trinajstić information content (AvgIpc) is 3.44. The Morgan fingerprint density at radius 2 is 1.89 bits per heavy atom. The van der Waals surface area contributed by atoms with E-state index in [2.05, 4.69) is 31.9 Å². The molecule has 1 saturated heterocycles. The number of carbonyl (C=O) groups is 2. The zero-order valence-corrected chi connectivity index (χ0v) is 21.2. The van der Waals surface area contributed by atoms with Crippen molar-refractivity contribution in [2.24, 2.45) is 0 Å². The fraction of sp³-hybridized carbons (Fsp3) is 0.333. The van der Waals surface area contributed by atoms with Gasteiger partial charge in [-0.3, -0.25) is 4.90 Å². The molecule has 0 spiro atoms. The highest BCUT2D eigenvalue weighted by Crippen LogP contribution is 2.43. The number of methoxy groups -OCH3 is 1. The number of nitrogens with two attached hydrogens (primary N) is 1. The molecule has 0 saturated carbocycles. The van der Waals surface area contributed by atoms with E-state index in [-0.39, 0.29) is 13.1 Å². The first-order valence-electron chi connectivity index (χ1n) is 11.5. The van der Waals surface area contributed by atoms with E-state index in [1.54, 1.807) is 23.0 Å². The Morgan fingerprint density at radius 3 is 2.58 bits per heavy atom. The lowest BCUT2D eigenvalue weighted by Crippen LogP contribution is -2.49. The number of amides is 1.